The van der Waals surface area contributed by atoms with E-state index in [1.54, 1.807) is 29.3 Å². The molecule has 0 spiro atoms. The second-order valence-electron chi connectivity index (χ2n) is 3.90. The fourth-order valence-corrected chi connectivity index (χ4v) is 3.10. The first-order chi connectivity index (χ1) is 8.99. The molecule has 0 amide bonds. The molecule has 2 heterocycles. The van der Waals surface area contributed by atoms with Gasteiger partial charge in [-0.1, -0.05) is 6.08 Å². The minimum atomic E-state index is -3.91. The highest BCUT2D eigenvalue weighted by Crippen LogP contribution is 2.35. The van der Waals surface area contributed by atoms with Crippen LogP contribution in [0.5, 0.6) is 0 Å². The molecule has 7 nitrogen and oxygen atoms in total. The van der Waals surface area contributed by atoms with Crippen LogP contribution in [0.4, 0.5) is 11.4 Å². The van der Waals surface area contributed by atoms with Crippen molar-refractivity contribution in [2.75, 3.05) is 4.90 Å². The first-order valence-electron chi connectivity index (χ1n) is 5.26. The summed E-state index contributed by atoms with van der Waals surface area (Å²) in [6.07, 6.45) is 6.60. The van der Waals surface area contributed by atoms with Gasteiger partial charge in [-0.15, -0.1) is 4.40 Å². The third-order valence-electron chi connectivity index (χ3n) is 2.74. The van der Waals surface area contributed by atoms with Gasteiger partial charge < -0.3 is 0 Å². The fourth-order valence-electron chi connectivity index (χ4n) is 1.91. The van der Waals surface area contributed by atoms with Crippen molar-refractivity contribution in [2.24, 2.45) is 4.40 Å². The Morgan fingerprint density at radius 3 is 2.79 bits per heavy atom. The summed E-state index contributed by atoms with van der Waals surface area (Å²) in [5.41, 5.74) is 0.0775. The molecule has 0 fully saturated rings. The van der Waals surface area contributed by atoms with E-state index in [4.69, 9.17) is 0 Å². The van der Waals surface area contributed by atoms with Gasteiger partial charge in [0, 0.05) is 18.3 Å². The van der Waals surface area contributed by atoms with Gasteiger partial charge in [-0.2, -0.15) is 8.42 Å². The summed E-state index contributed by atoms with van der Waals surface area (Å²) in [6.45, 7) is 0. The van der Waals surface area contributed by atoms with Crippen LogP contribution in [0.1, 0.15) is 0 Å². The number of non-ortho nitro benzene ring substituents is 1. The first-order valence-corrected chi connectivity index (χ1v) is 6.70. The van der Waals surface area contributed by atoms with Gasteiger partial charge in [0.2, 0.25) is 0 Å². The number of fused-ring (bicyclic) bond motifs is 3. The zero-order valence-corrected chi connectivity index (χ0v) is 10.2. The SMILES string of the molecule is O=[N+]([O-])c1ccc2c(c1)S(=O)(=O)N=C1C=CC=CN12. The number of nitrogens with zero attached hydrogens (tertiary/aromatic N) is 3. The Kier molecular flexibility index (Phi) is 2.29. The third-order valence-corrected chi connectivity index (χ3v) is 4.05. The quantitative estimate of drug-likeness (QED) is 0.574. The van der Waals surface area contributed by atoms with Crippen LogP contribution in [-0.4, -0.2) is 19.2 Å². The van der Waals surface area contributed by atoms with Crippen molar-refractivity contribution >= 4 is 27.2 Å². The van der Waals surface area contributed by atoms with E-state index >= 15 is 0 Å². The van der Waals surface area contributed by atoms with Gasteiger partial charge in [0.1, 0.15) is 4.90 Å². The highest BCUT2D eigenvalue weighted by molar-refractivity contribution is 7.90. The van der Waals surface area contributed by atoms with E-state index in [1.807, 2.05) is 0 Å². The Morgan fingerprint density at radius 1 is 1.26 bits per heavy atom. The van der Waals surface area contributed by atoms with E-state index in [-0.39, 0.29) is 16.4 Å². The number of nitro benzene ring substituents is 1. The van der Waals surface area contributed by atoms with Crippen molar-refractivity contribution in [2.45, 2.75) is 4.90 Å². The summed E-state index contributed by atoms with van der Waals surface area (Å²) in [5.74, 6) is 0.267. The molecular weight excluding hydrogens is 270 g/mol. The smallest absolute Gasteiger partial charge is 0.286 e. The molecule has 96 valence electrons. The standard InChI is InChI=1S/C11H7N3O4S/c15-14(16)8-4-5-9-10(7-8)19(17,18)12-11-3-1-2-6-13(9)11/h1-7H. The molecule has 1 aromatic carbocycles. The van der Waals surface area contributed by atoms with E-state index in [1.165, 1.54) is 12.1 Å². The highest BCUT2D eigenvalue weighted by Gasteiger charge is 2.31. The van der Waals surface area contributed by atoms with Crippen molar-refractivity contribution in [3.63, 3.8) is 0 Å². The first kappa shape index (κ1) is 11.6. The number of anilines is 1. The van der Waals surface area contributed by atoms with Crippen LogP contribution in [0.15, 0.2) is 51.9 Å². The Bertz CT molecular complexity index is 777. The molecule has 3 rings (SSSR count). The van der Waals surface area contributed by atoms with Crippen LogP contribution in [-0.2, 0) is 10.0 Å². The second-order valence-corrected chi connectivity index (χ2v) is 5.48. The lowest BCUT2D eigenvalue weighted by Crippen LogP contribution is -2.31. The van der Waals surface area contributed by atoms with E-state index in [2.05, 4.69) is 4.40 Å². The predicted molar refractivity (Wildman–Crippen MR) is 68.5 cm³/mol. The highest BCUT2D eigenvalue weighted by atomic mass is 32.2. The second kappa shape index (κ2) is 3.75. The zero-order chi connectivity index (χ0) is 13.6. The van der Waals surface area contributed by atoms with E-state index in [0.29, 0.717) is 5.69 Å². The largest absolute Gasteiger partial charge is 0.300 e. The number of allylic oxidation sites excluding steroid dienone is 2. The van der Waals surface area contributed by atoms with Gasteiger partial charge in [-0.3, -0.25) is 15.0 Å². The molecule has 0 saturated carbocycles. The third kappa shape index (κ3) is 1.73. The van der Waals surface area contributed by atoms with Crippen molar-refractivity contribution in [1.82, 2.24) is 0 Å². The Hall–Kier alpha value is -2.48. The molecule has 19 heavy (non-hydrogen) atoms. The minimum Gasteiger partial charge on any atom is -0.300 e. The molecule has 0 aliphatic carbocycles. The van der Waals surface area contributed by atoms with Crippen LogP contribution in [0, 0.1) is 10.1 Å². The molecule has 0 atom stereocenters. The van der Waals surface area contributed by atoms with Crippen LogP contribution in [0.2, 0.25) is 0 Å². The summed E-state index contributed by atoms with van der Waals surface area (Å²) < 4.78 is 27.6. The summed E-state index contributed by atoms with van der Waals surface area (Å²) >= 11 is 0. The van der Waals surface area contributed by atoms with E-state index < -0.39 is 14.9 Å². The average Bonchev–Trinajstić information content (AvgIpc) is 2.38. The van der Waals surface area contributed by atoms with Crippen LogP contribution in [0.3, 0.4) is 0 Å². The normalized spacial score (nSPS) is 18.5. The Labute approximate surface area is 108 Å². The van der Waals surface area contributed by atoms with Crippen LogP contribution >= 0.6 is 0 Å². The molecule has 1 aromatic rings. The predicted octanol–water partition coefficient (Wildman–Crippen LogP) is 1.59. The van der Waals surface area contributed by atoms with Gasteiger partial charge in [-0.25, -0.2) is 0 Å². The molecular formula is C11H7N3O4S. The molecule has 0 saturated heterocycles. The van der Waals surface area contributed by atoms with Crippen molar-refractivity contribution in [3.8, 4) is 0 Å². The summed E-state index contributed by atoms with van der Waals surface area (Å²) in [4.78, 5) is 11.5. The maximum absolute atomic E-state index is 12.0. The number of sulfonamides is 1. The number of hydrogen-bond donors (Lipinski definition) is 0. The molecule has 0 unspecified atom stereocenters. The summed E-state index contributed by atoms with van der Waals surface area (Å²) in [5, 5.41) is 10.7. The lowest BCUT2D eigenvalue weighted by molar-refractivity contribution is -0.385. The van der Waals surface area contributed by atoms with Gasteiger partial charge in [0.05, 0.1) is 10.6 Å². The molecule has 2 aliphatic heterocycles. The van der Waals surface area contributed by atoms with Crippen LogP contribution < -0.4 is 4.90 Å². The Morgan fingerprint density at radius 2 is 2.05 bits per heavy atom. The van der Waals surface area contributed by atoms with E-state index in [9.17, 15) is 18.5 Å². The number of amidine groups is 1. The summed E-state index contributed by atoms with van der Waals surface area (Å²) in [7, 11) is -3.91. The molecule has 0 bridgehead atoms. The summed E-state index contributed by atoms with van der Waals surface area (Å²) in [6, 6.07) is 3.70. The fraction of sp³-hybridized carbons (Fsp3) is 0. The van der Waals surface area contributed by atoms with E-state index in [0.717, 1.165) is 6.07 Å². The van der Waals surface area contributed by atoms with Crippen LogP contribution in [0.25, 0.3) is 0 Å². The van der Waals surface area contributed by atoms with Gasteiger partial charge in [0.25, 0.3) is 15.7 Å². The Balaban J connectivity index is 2.28. The van der Waals surface area contributed by atoms with Crippen molar-refractivity contribution in [1.29, 1.82) is 0 Å². The van der Waals surface area contributed by atoms with Gasteiger partial charge >= 0.3 is 0 Å². The minimum absolute atomic E-state index is 0.162. The zero-order valence-electron chi connectivity index (χ0n) is 9.42. The van der Waals surface area contributed by atoms with Crippen molar-refractivity contribution < 1.29 is 13.3 Å². The molecule has 8 heteroatoms. The lowest BCUT2D eigenvalue weighted by Gasteiger charge is -2.27. The van der Waals surface area contributed by atoms with Gasteiger partial charge in [0.15, 0.2) is 5.84 Å². The maximum atomic E-state index is 12.0. The topological polar surface area (TPSA) is 92.9 Å². The monoisotopic (exact) mass is 277 g/mol. The molecule has 2 aliphatic rings. The average molecular weight is 277 g/mol. The number of nitro groups is 1. The number of benzene rings is 1. The van der Waals surface area contributed by atoms with Crippen molar-refractivity contribution in [3.05, 3.63) is 52.7 Å². The number of hydrogen-bond acceptors (Lipinski definition) is 5. The maximum Gasteiger partial charge on any atom is 0.286 e. The molecule has 0 aromatic heterocycles. The number of rotatable bonds is 1. The molecule has 0 N–H and O–H groups in total. The lowest BCUT2D eigenvalue weighted by atomic mass is 10.2. The molecule has 0 radical (unpaired) electrons. The van der Waals surface area contributed by atoms with Gasteiger partial charge in [-0.05, 0) is 18.2 Å².